The first-order valence-corrected chi connectivity index (χ1v) is 7.41. The van der Waals surface area contributed by atoms with E-state index in [4.69, 9.17) is 0 Å². The van der Waals surface area contributed by atoms with E-state index in [1.165, 1.54) is 48.2 Å². The molecule has 1 fully saturated rings. The Morgan fingerprint density at radius 1 is 1.11 bits per heavy atom. The van der Waals surface area contributed by atoms with Gasteiger partial charge in [-0.1, -0.05) is 17.7 Å². The molecule has 1 aliphatic rings. The largest absolute Gasteiger partial charge is 0.314 e. The Hall–Kier alpha value is -0.860. The first kappa shape index (κ1) is 14.5. The lowest BCUT2D eigenvalue weighted by Crippen LogP contribution is -2.49. The van der Waals surface area contributed by atoms with Gasteiger partial charge in [-0.2, -0.15) is 0 Å². The number of nitrogens with zero attached hydrogens (tertiary/aromatic N) is 1. The maximum absolute atomic E-state index is 3.47. The van der Waals surface area contributed by atoms with E-state index in [9.17, 15) is 0 Å². The summed E-state index contributed by atoms with van der Waals surface area (Å²) in [5.74, 6) is 0. The van der Waals surface area contributed by atoms with Gasteiger partial charge in [0.1, 0.15) is 0 Å². The van der Waals surface area contributed by atoms with E-state index in [1.54, 1.807) is 0 Å². The lowest BCUT2D eigenvalue weighted by atomic mass is 9.89. The first-order chi connectivity index (χ1) is 8.93. The average molecular weight is 260 g/mol. The predicted molar refractivity (Wildman–Crippen MR) is 82.6 cm³/mol. The molecule has 0 amide bonds. The van der Waals surface area contributed by atoms with E-state index >= 15 is 0 Å². The zero-order chi connectivity index (χ0) is 14.0. The van der Waals surface area contributed by atoms with Crippen LogP contribution in [-0.2, 0) is 6.54 Å². The Bertz CT molecular complexity index is 420. The number of aryl methyl sites for hydroxylation is 3. The molecule has 1 aliphatic heterocycles. The van der Waals surface area contributed by atoms with Gasteiger partial charge in [-0.15, -0.1) is 0 Å². The molecule has 1 heterocycles. The van der Waals surface area contributed by atoms with Crippen LogP contribution < -0.4 is 5.32 Å². The molecule has 2 nitrogen and oxygen atoms in total. The molecule has 0 spiro atoms. The second-order valence-electron chi connectivity index (χ2n) is 6.46. The minimum atomic E-state index is 0.341. The predicted octanol–water partition coefficient (Wildman–Crippen LogP) is 3.19. The van der Waals surface area contributed by atoms with Crippen LogP contribution in [-0.4, -0.2) is 30.6 Å². The third-order valence-electron chi connectivity index (χ3n) is 4.79. The summed E-state index contributed by atoms with van der Waals surface area (Å²) in [7, 11) is 2.09. The van der Waals surface area contributed by atoms with Crippen LogP contribution in [0.3, 0.4) is 0 Å². The second-order valence-corrected chi connectivity index (χ2v) is 6.46. The van der Waals surface area contributed by atoms with Gasteiger partial charge >= 0.3 is 0 Å². The molecule has 0 atom stereocenters. The average Bonchev–Trinajstić information content (AvgIpc) is 2.36. The van der Waals surface area contributed by atoms with Gasteiger partial charge in [0.2, 0.25) is 0 Å². The molecule has 2 heteroatoms. The van der Waals surface area contributed by atoms with Crippen LogP contribution in [0.4, 0.5) is 0 Å². The van der Waals surface area contributed by atoms with E-state index in [0.717, 1.165) is 6.54 Å². The minimum Gasteiger partial charge on any atom is -0.314 e. The highest BCUT2D eigenvalue weighted by molar-refractivity contribution is 5.37. The van der Waals surface area contributed by atoms with Crippen LogP contribution >= 0.6 is 0 Å². The highest BCUT2D eigenvalue weighted by atomic mass is 15.1. The molecule has 0 unspecified atom stereocenters. The van der Waals surface area contributed by atoms with Crippen LogP contribution in [0.25, 0.3) is 0 Å². The van der Waals surface area contributed by atoms with Gasteiger partial charge in [0.15, 0.2) is 0 Å². The molecule has 19 heavy (non-hydrogen) atoms. The van der Waals surface area contributed by atoms with E-state index in [1.807, 2.05) is 0 Å². The molecular formula is C17H28N2. The van der Waals surface area contributed by atoms with E-state index < -0.39 is 0 Å². The fraction of sp³-hybridized carbons (Fsp3) is 0.647. The number of likely N-dealkylation sites (tertiary alicyclic amines) is 1. The molecule has 0 bridgehead atoms. The third kappa shape index (κ3) is 3.37. The Balaban J connectivity index is 2.04. The Morgan fingerprint density at radius 2 is 1.63 bits per heavy atom. The summed E-state index contributed by atoms with van der Waals surface area (Å²) in [5.41, 5.74) is 6.13. The van der Waals surface area contributed by atoms with Crippen LogP contribution in [0, 0.1) is 20.8 Å². The minimum absolute atomic E-state index is 0.341. The summed E-state index contributed by atoms with van der Waals surface area (Å²) in [6.45, 7) is 12.5. The van der Waals surface area contributed by atoms with Crippen LogP contribution in [0.2, 0.25) is 0 Å². The van der Waals surface area contributed by atoms with Crippen molar-refractivity contribution in [3.63, 3.8) is 0 Å². The molecule has 0 saturated carbocycles. The van der Waals surface area contributed by atoms with Crippen molar-refractivity contribution in [3.8, 4) is 0 Å². The maximum Gasteiger partial charge on any atom is 0.0239 e. The SMILES string of the molecule is CNC1(C)CCN(Cc2c(C)cc(C)cc2C)CC1. The summed E-state index contributed by atoms with van der Waals surface area (Å²) < 4.78 is 0. The first-order valence-electron chi connectivity index (χ1n) is 7.41. The summed E-state index contributed by atoms with van der Waals surface area (Å²) in [6, 6.07) is 4.62. The topological polar surface area (TPSA) is 15.3 Å². The Kier molecular flexibility index (Phi) is 4.32. The number of benzene rings is 1. The lowest BCUT2D eigenvalue weighted by Gasteiger charge is -2.39. The maximum atomic E-state index is 3.47. The van der Waals surface area contributed by atoms with Crippen LogP contribution in [0.1, 0.15) is 42.0 Å². The van der Waals surface area contributed by atoms with Gasteiger partial charge < -0.3 is 5.32 Å². The number of rotatable bonds is 3. The summed E-state index contributed by atoms with van der Waals surface area (Å²) in [6.07, 6.45) is 2.49. The molecule has 106 valence electrons. The van der Waals surface area contributed by atoms with E-state index in [0.29, 0.717) is 5.54 Å². The molecule has 1 aromatic carbocycles. The van der Waals surface area contributed by atoms with Crippen molar-refractivity contribution in [2.75, 3.05) is 20.1 Å². The van der Waals surface area contributed by atoms with Gasteiger partial charge in [0.25, 0.3) is 0 Å². The van der Waals surface area contributed by atoms with Crippen molar-refractivity contribution >= 4 is 0 Å². The standard InChI is InChI=1S/C17H28N2/c1-13-10-14(2)16(15(3)11-13)12-19-8-6-17(4,18-5)7-9-19/h10-11,18H,6-9,12H2,1-5H3. The zero-order valence-electron chi connectivity index (χ0n) is 13.1. The number of hydrogen-bond acceptors (Lipinski definition) is 2. The number of nitrogens with one attached hydrogen (secondary N) is 1. The highest BCUT2D eigenvalue weighted by Crippen LogP contribution is 2.24. The number of hydrogen-bond donors (Lipinski definition) is 1. The van der Waals surface area contributed by atoms with Gasteiger partial charge in [0, 0.05) is 25.2 Å². The van der Waals surface area contributed by atoms with Crippen molar-refractivity contribution in [3.05, 3.63) is 34.4 Å². The molecule has 0 radical (unpaired) electrons. The van der Waals surface area contributed by atoms with Crippen molar-refractivity contribution in [2.45, 2.75) is 52.6 Å². The van der Waals surface area contributed by atoms with Crippen molar-refractivity contribution in [2.24, 2.45) is 0 Å². The van der Waals surface area contributed by atoms with Crippen LogP contribution in [0.15, 0.2) is 12.1 Å². The van der Waals surface area contributed by atoms with Crippen molar-refractivity contribution < 1.29 is 0 Å². The molecule has 1 N–H and O–H groups in total. The summed E-state index contributed by atoms with van der Waals surface area (Å²) in [5, 5.41) is 3.47. The van der Waals surface area contributed by atoms with Gasteiger partial charge in [-0.05, 0) is 64.3 Å². The molecule has 0 aromatic heterocycles. The fourth-order valence-corrected chi connectivity index (χ4v) is 3.14. The second kappa shape index (κ2) is 5.64. The van der Waals surface area contributed by atoms with Gasteiger partial charge in [0.05, 0.1) is 0 Å². The normalized spacial score (nSPS) is 19.6. The zero-order valence-corrected chi connectivity index (χ0v) is 13.1. The molecule has 2 rings (SSSR count). The monoisotopic (exact) mass is 260 g/mol. The lowest BCUT2D eigenvalue weighted by molar-refractivity contribution is 0.146. The van der Waals surface area contributed by atoms with Crippen LogP contribution in [0.5, 0.6) is 0 Å². The Morgan fingerprint density at radius 3 is 2.11 bits per heavy atom. The Labute approximate surface area is 118 Å². The van der Waals surface area contributed by atoms with Crippen molar-refractivity contribution in [1.82, 2.24) is 10.2 Å². The molecule has 1 aromatic rings. The van der Waals surface area contributed by atoms with E-state index in [-0.39, 0.29) is 0 Å². The highest BCUT2D eigenvalue weighted by Gasteiger charge is 2.28. The summed E-state index contributed by atoms with van der Waals surface area (Å²) in [4.78, 5) is 2.60. The molecule has 0 aliphatic carbocycles. The van der Waals surface area contributed by atoms with Crippen molar-refractivity contribution in [1.29, 1.82) is 0 Å². The fourth-order valence-electron chi connectivity index (χ4n) is 3.14. The smallest absolute Gasteiger partial charge is 0.0239 e. The third-order valence-corrected chi connectivity index (χ3v) is 4.79. The quantitative estimate of drug-likeness (QED) is 0.898. The summed E-state index contributed by atoms with van der Waals surface area (Å²) >= 11 is 0. The van der Waals surface area contributed by atoms with E-state index in [2.05, 4.69) is 57.1 Å². The molecular weight excluding hydrogens is 232 g/mol. The molecule has 1 saturated heterocycles. The van der Waals surface area contributed by atoms with Gasteiger partial charge in [-0.3, -0.25) is 4.90 Å². The van der Waals surface area contributed by atoms with Gasteiger partial charge in [-0.25, -0.2) is 0 Å². The number of piperidine rings is 1.